The van der Waals surface area contributed by atoms with E-state index in [1.54, 1.807) is 26.1 Å². The fourth-order valence-electron chi connectivity index (χ4n) is 1.85. The fraction of sp³-hybridized carbons (Fsp3) is 0.500. The third-order valence-electron chi connectivity index (χ3n) is 3.36. The number of pyridine rings is 1. The number of thiazole rings is 1. The quantitative estimate of drug-likeness (QED) is 0.691. The second-order valence-corrected chi connectivity index (χ2v) is 8.07. The summed E-state index contributed by atoms with van der Waals surface area (Å²) in [5.41, 5.74) is 1.12. The van der Waals surface area contributed by atoms with Crippen molar-refractivity contribution in [3.05, 3.63) is 27.8 Å². The maximum absolute atomic E-state index is 10.1. The molecule has 0 saturated carbocycles. The van der Waals surface area contributed by atoms with E-state index < -0.39 is 5.60 Å². The molecule has 0 saturated heterocycles. The van der Waals surface area contributed by atoms with Gasteiger partial charge in [0.05, 0.1) is 5.69 Å². The molecule has 2 aromatic rings. The summed E-state index contributed by atoms with van der Waals surface area (Å²) in [6.07, 6.45) is 1.67. The van der Waals surface area contributed by atoms with E-state index in [0.29, 0.717) is 16.7 Å². The molecule has 0 aliphatic rings. The van der Waals surface area contributed by atoms with Crippen LogP contribution in [0.3, 0.4) is 0 Å². The Balaban J connectivity index is 2.33. The summed E-state index contributed by atoms with van der Waals surface area (Å²) in [6.45, 7) is 8.01. The molecule has 2 heterocycles. The number of rotatable bonds is 6. The van der Waals surface area contributed by atoms with Crippen molar-refractivity contribution >= 4 is 28.6 Å². The lowest BCUT2D eigenvalue weighted by molar-refractivity contribution is 0.0783. The predicted octanol–water partition coefficient (Wildman–Crippen LogP) is 3.52. The Kier molecular flexibility index (Phi) is 5.30. The normalized spacial score (nSPS) is 12.5. The van der Waals surface area contributed by atoms with Crippen LogP contribution in [0.25, 0.3) is 11.3 Å². The number of nitrogens with one attached hydrogen (secondary N) is 1. The van der Waals surface area contributed by atoms with Gasteiger partial charge in [-0.05, 0) is 19.9 Å². The van der Waals surface area contributed by atoms with Crippen LogP contribution in [0.5, 0.6) is 0 Å². The maximum atomic E-state index is 10.1. The van der Waals surface area contributed by atoms with E-state index >= 15 is 0 Å². The highest BCUT2D eigenvalue weighted by Gasteiger charge is 2.22. The molecular weight excluding hydrogens is 334 g/mol. The van der Waals surface area contributed by atoms with Gasteiger partial charge in [0.25, 0.3) is 0 Å². The Morgan fingerprint density at radius 1 is 1.30 bits per heavy atom. The van der Waals surface area contributed by atoms with E-state index in [-0.39, 0.29) is 12.0 Å². The number of anilines is 1. The van der Waals surface area contributed by atoms with Gasteiger partial charge in [0, 0.05) is 41.4 Å². The second kappa shape index (κ2) is 6.73. The maximum Gasteiger partial charge on any atom is 0.131 e. The average molecular weight is 356 g/mol. The van der Waals surface area contributed by atoms with E-state index in [0.717, 1.165) is 16.9 Å². The van der Waals surface area contributed by atoms with Crippen molar-refractivity contribution in [1.82, 2.24) is 9.97 Å². The summed E-state index contributed by atoms with van der Waals surface area (Å²) >= 11 is 7.41. The van der Waals surface area contributed by atoms with Crippen LogP contribution in [0.4, 0.5) is 5.69 Å². The molecule has 0 unspecified atom stereocenters. The van der Waals surface area contributed by atoms with Crippen LogP contribution < -0.4 is 5.32 Å². The molecule has 7 heteroatoms. The zero-order valence-corrected chi connectivity index (χ0v) is 15.3. The van der Waals surface area contributed by atoms with Crippen molar-refractivity contribution in [3.8, 4) is 11.3 Å². The van der Waals surface area contributed by atoms with Crippen LogP contribution in [0.15, 0.2) is 17.6 Å². The van der Waals surface area contributed by atoms with Gasteiger partial charge in [-0.2, -0.15) is 0 Å². The van der Waals surface area contributed by atoms with Gasteiger partial charge >= 0.3 is 0 Å². The van der Waals surface area contributed by atoms with Crippen LogP contribution in [0.1, 0.15) is 32.7 Å². The molecule has 5 nitrogen and oxygen atoms in total. The monoisotopic (exact) mass is 355 g/mol. The minimum atomic E-state index is -0.977. The molecular formula is C16H22ClN3O2S. The lowest BCUT2D eigenvalue weighted by Gasteiger charge is -2.23. The SMILES string of the molecule is CC(C)(CO)CNc1cc(Cl)ncc1-c1csc(C(C)(C)O)n1. The zero-order valence-electron chi connectivity index (χ0n) is 13.7. The largest absolute Gasteiger partial charge is 0.396 e. The van der Waals surface area contributed by atoms with E-state index in [2.05, 4.69) is 15.3 Å². The molecule has 0 aromatic carbocycles. The Bertz CT molecular complexity index is 680. The number of hydrogen-bond acceptors (Lipinski definition) is 6. The van der Waals surface area contributed by atoms with Crippen molar-refractivity contribution < 1.29 is 10.2 Å². The van der Waals surface area contributed by atoms with Gasteiger partial charge in [-0.1, -0.05) is 25.4 Å². The van der Waals surface area contributed by atoms with Gasteiger partial charge in [-0.3, -0.25) is 0 Å². The molecule has 0 atom stereocenters. The fourth-order valence-corrected chi connectivity index (χ4v) is 2.85. The molecule has 0 fully saturated rings. The summed E-state index contributed by atoms with van der Waals surface area (Å²) < 4.78 is 0. The standard InChI is InChI=1S/C16H22ClN3O2S/c1-15(2,9-21)8-19-11-5-13(17)18-6-10(11)12-7-23-14(20-12)16(3,4)22/h5-7,21-22H,8-9H2,1-4H3,(H,18,19). The summed E-state index contributed by atoms with van der Waals surface area (Å²) in [5.74, 6) is 0. The number of nitrogens with zero attached hydrogens (tertiary/aromatic N) is 2. The molecule has 0 bridgehead atoms. The molecule has 0 radical (unpaired) electrons. The minimum Gasteiger partial charge on any atom is -0.396 e. The van der Waals surface area contributed by atoms with Gasteiger partial charge in [-0.25, -0.2) is 9.97 Å². The van der Waals surface area contributed by atoms with Gasteiger partial charge in [0.1, 0.15) is 15.8 Å². The Morgan fingerprint density at radius 2 is 2.00 bits per heavy atom. The van der Waals surface area contributed by atoms with Gasteiger partial charge in [0.15, 0.2) is 0 Å². The molecule has 0 spiro atoms. The van der Waals surface area contributed by atoms with Crippen LogP contribution in [-0.4, -0.2) is 33.3 Å². The molecule has 3 N–H and O–H groups in total. The highest BCUT2D eigenvalue weighted by molar-refractivity contribution is 7.10. The van der Waals surface area contributed by atoms with Gasteiger partial charge < -0.3 is 15.5 Å². The lowest BCUT2D eigenvalue weighted by atomic mass is 9.95. The van der Waals surface area contributed by atoms with E-state index in [1.165, 1.54) is 11.3 Å². The second-order valence-electron chi connectivity index (χ2n) is 6.83. The Morgan fingerprint density at radius 3 is 2.57 bits per heavy atom. The first kappa shape index (κ1) is 18.1. The number of hydrogen-bond donors (Lipinski definition) is 3. The number of aromatic nitrogens is 2. The summed E-state index contributed by atoms with van der Waals surface area (Å²) in [6, 6.07) is 1.74. The first-order valence-electron chi connectivity index (χ1n) is 7.31. The highest BCUT2D eigenvalue weighted by atomic mass is 35.5. The molecule has 0 aliphatic heterocycles. The molecule has 126 valence electrons. The molecule has 23 heavy (non-hydrogen) atoms. The van der Waals surface area contributed by atoms with Crippen LogP contribution in [0.2, 0.25) is 5.15 Å². The zero-order chi connectivity index (χ0) is 17.3. The Hall–Kier alpha value is -1.21. The Labute approximate surface area is 145 Å². The van der Waals surface area contributed by atoms with Crippen LogP contribution in [-0.2, 0) is 5.60 Å². The van der Waals surface area contributed by atoms with Crippen molar-refractivity contribution in [2.45, 2.75) is 33.3 Å². The van der Waals surface area contributed by atoms with Crippen molar-refractivity contribution in [3.63, 3.8) is 0 Å². The summed E-state index contributed by atoms with van der Waals surface area (Å²) in [7, 11) is 0. The van der Waals surface area contributed by atoms with Crippen molar-refractivity contribution in [2.24, 2.45) is 5.41 Å². The highest BCUT2D eigenvalue weighted by Crippen LogP contribution is 2.33. The topological polar surface area (TPSA) is 78.3 Å². The molecule has 2 rings (SSSR count). The van der Waals surface area contributed by atoms with E-state index in [4.69, 9.17) is 11.6 Å². The van der Waals surface area contributed by atoms with Gasteiger partial charge in [0.2, 0.25) is 0 Å². The third-order valence-corrected chi connectivity index (χ3v) is 4.72. The van der Waals surface area contributed by atoms with Crippen LogP contribution in [0, 0.1) is 5.41 Å². The number of halogens is 1. The van der Waals surface area contributed by atoms with Crippen molar-refractivity contribution in [2.75, 3.05) is 18.5 Å². The van der Waals surface area contributed by atoms with E-state index in [1.807, 2.05) is 19.2 Å². The first-order valence-corrected chi connectivity index (χ1v) is 8.57. The molecule has 0 amide bonds. The van der Waals surface area contributed by atoms with E-state index in [9.17, 15) is 10.2 Å². The number of aliphatic hydroxyl groups is 2. The lowest BCUT2D eigenvalue weighted by Crippen LogP contribution is -2.27. The molecule has 2 aromatic heterocycles. The van der Waals surface area contributed by atoms with Crippen molar-refractivity contribution in [1.29, 1.82) is 0 Å². The third kappa shape index (κ3) is 4.64. The number of aliphatic hydroxyl groups excluding tert-OH is 1. The molecule has 0 aliphatic carbocycles. The minimum absolute atomic E-state index is 0.0771. The van der Waals surface area contributed by atoms with Crippen LogP contribution >= 0.6 is 22.9 Å². The summed E-state index contributed by atoms with van der Waals surface area (Å²) in [4.78, 5) is 8.63. The van der Waals surface area contributed by atoms with Gasteiger partial charge in [-0.15, -0.1) is 11.3 Å². The smallest absolute Gasteiger partial charge is 0.131 e. The predicted molar refractivity (Wildman–Crippen MR) is 95.0 cm³/mol. The first-order chi connectivity index (χ1) is 10.6. The average Bonchev–Trinajstić information content (AvgIpc) is 2.95. The summed E-state index contributed by atoms with van der Waals surface area (Å²) in [5, 5.41) is 25.7.